The van der Waals surface area contributed by atoms with Gasteiger partial charge in [0.05, 0.1) is 18.5 Å². The molecule has 4 nitrogen and oxygen atoms in total. The van der Waals surface area contributed by atoms with Gasteiger partial charge in [-0.3, -0.25) is 4.79 Å². The van der Waals surface area contributed by atoms with E-state index in [4.69, 9.17) is 28.3 Å². The molecule has 1 heterocycles. The number of halogens is 2. The van der Waals surface area contributed by atoms with Gasteiger partial charge >= 0.3 is 5.97 Å². The number of carboxylic acid groups (broad SMARTS) is 1. The summed E-state index contributed by atoms with van der Waals surface area (Å²) in [6.07, 6.45) is 0.252. The summed E-state index contributed by atoms with van der Waals surface area (Å²) in [5.41, 5.74) is 2.70. The molecule has 2 rings (SSSR count). The maximum absolute atomic E-state index is 11.8. The molecule has 18 heavy (non-hydrogen) atoms. The maximum Gasteiger partial charge on any atom is 0.335 e. The van der Waals surface area contributed by atoms with Gasteiger partial charge < -0.3 is 10.0 Å². The molecule has 0 radical (unpaired) electrons. The predicted octanol–water partition coefficient (Wildman–Crippen LogP) is 2.59. The number of carbonyl (C=O) groups excluding carboxylic acids is 1. The Morgan fingerprint density at radius 1 is 1.50 bits per heavy atom. The van der Waals surface area contributed by atoms with E-state index < -0.39 is 5.97 Å². The summed E-state index contributed by atoms with van der Waals surface area (Å²) in [7, 11) is 0. The molecule has 0 fully saturated rings. The van der Waals surface area contributed by atoms with Gasteiger partial charge in [-0.25, -0.2) is 4.79 Å². The summed E-state index contributed by atoms with van der Waals surface area (Å²) in [6, 6.07) is 4.60. The lowest BCUT2D eigenvalue weighted by atomic mass is 10.1. The monoisotopic (exact) mass is 285 g/mol. The lowest BCUT2D eigenvalue weighted by molar-refractivity contribution is -0.117. The van der Waals surface area contributed by atoms with Crippen LogP contribution in [-0.4, -0.2) is 23.5 Å². The number of fused-ring (bicyclic) bond motifs is 1. The number of rotatable bonds is 3. The molecule has 94 valence electrons. The van der Waals surface area contributed by atoms with Crippen LogP contribution >= 0.6 is 23.2 Å². The smallest absolute Gasteiger partial charge is 0.335 e. The van der Waals surface area contributed by atoms with E-state index in [0.29, 0.717) is 10.7 Å². The van der Waals surface area contributed by atoms with Crippen molar-refractivity contribution in [3.8, 4) is 0 Å². The average molecular weight is 286 g/mol. The Bertz CT molecular complexity index is 554. The molecule has 1 aliphatic rings. The molecular weight excluding hydrogens is 277 g/mol. The normalized spacial score (nSPS) is 14.9. The summed E-state index contributed by atoms with van der Waals surface area (Å²) in [4.78, 5) is 24.2. The largest absolute Gasteiger partial charge is 0.478 e. The molecule has 1 aromatic rings. The number of carbonyl (C=O) groups is 2. The van der Waals surface area contributed by atoms with Gasteiger partial charge in [-0.05, 0) is 17.7 Å². The summed E-state index contributed by atoms with van der Waals surface area (Å²) < 4.78 is 0. The highest BCUT2D eigenvalue weighted by molar-refractivity contribution is 6.37. The van der Waals surface area contributed by atoms with Crippen molar-refractivity contribution in [1.82, 2.24) is 0 Å². The number of carboxylic acids is 1. The molecule has 0 spiro atoms. The lowest BCUT2D eigenvalue weighted by Crippen LogP contribution is -2.28. The third-order valence-corrected chi connectivity index (χ3v) is 3.30. The first-order chi connectivity index (χ1) is 8.52. The van der Waals surface area contributed by atoms with Crippen LogP contribution in [0.1, 0.15) is 15.9 Å². The zero-order valence-corrected chi connectivity index (χ0v) is 10.7. The van der Waals surface area contributed by atoms with E-state index in [1.807, 2.05) is 0 Å². The first-order valence-corrected chi connectivity index (χ1v) is 5.95. The van der Waals surface area contributed by atoms with E-state index in [2.05, 4.69) is 0 Å². The molecule has 0 aromatic heterocycles. The van der Waals surface area contributed by atoms with Gasteiger partial charge in [0.15, 0.2) is 0 Å². The van der Waals surface area contributed by atoms with E-state index in [9.17, 15) is 9.59 Å². The van der Waals surface area contributed by atoms with Crippen molar-refractivity contribution in [3.05, 3.63) is 39.9 Å². The van der Waals surface area contributed by atoms with Crippen LogP contribution in [0.25, 0.3) is 0 Å². The molecule has 1 amide bonds. The Labute approximate surface area is 113 Å². The second-order valence-corrected chi connectivity index (χ2v) is 4.56. The van der Waals surface area contributed by atoms with Crippen molar-refractivity contribution >= 4 is 40.8 Å². The topological polar surface area (TPSA) is 57.6 Å². The van der Waals surface area contributed by atoms with Gasteiger partial charge in [-0.2, -0.15) is 0 Å². The summed E-state index contributed by atoms with van der Waals surface area (Å²) in [5.74, 6) is -1.15. The van der Waals surface area contributed by atoms with Crippen molar-refractivity contribution in [2.75, 3.05) is 11.4 Å². The Kier molecular flexibility index (Phi) is 3.59. The van der Waals surface area contributed by atoms with E-state index >= 15 is 0 Å². The van der Waals surface area contributed by atoms with Gasteiger partial charge in [0, 0.05) is 16.3 Å². The average Bonchev–Trinajstić information content (AvgIpc) is 2.65. The first-order valence-electron chi connectivity index (χ1n) is 5.14. The van der Waals surface area contributed by atoms with E-state index in [1.165, 1.54) is 22.6 Å². The van der Waals surface area contributed by atoms with Gasteiger partial charge in [0.1, 0.15) is 0 Å². The van der Waals surface area contributed by atoms with Gasteiger partial charge in [-0.1, -0.05) is 29.3 Å². The number of hydrogen-bond acceptors (Lipinski definition) is 2. The van der Waals surface area contributed by atoms with Crippen molar-refractivity contribution in [1.29, 1.82) is 0 Å². The fourth-order valence-electron chi connectivity index (χ4n) is 1.85. The number of benzene rings is 1. The summed E-state index contributed by atoms with van der Waals surface area (Å²) in [6.45, 7) is 0.153. The van der Waals surface area contributed by atoms with E-state index in [1.54, 1.807) is 6.07 Å². The van der Waals surface area contributed by atoms with Crippen LogP contribution in [0.4, 0.5) is 5.69 Å². The van der Waals surface area contributed by atoms with Gasteiger partial charge in [0.2, 0.25) is 5.91 Å². The van der Waals surface area contributed by atoms with Crippen LogP contribution in [0.5, 0.6) is 0 Å². The molecule has 0 atom stereocenters. The minimum Gasteiger partial charge on any atom is -0.478 e. The zero-order valence-electron chi connectivity index (χ0n) is 9.19. The van der Waals surface area contributed by atoms with Crippen molar-refractivity contribution in [2.45, 2.75) is 6.42 Å². The van der Waals surface area contributed by atoms with Crippen LogP contribution in [0.15, 0.2) is 28.8 Å². The fraction of sp³-hybridized carbons (Fsp3) is 0.167. The highest BCUT2D eigenvalue weighted by Gasteiger charge is 2.28. The third-order valence-electron chi connectivity index (χ3n) is 2.69. The van der Waals surface area contributed by atoms with Crippen molar-refractivity contribution in [2.24, 2.45) is 0 Å². The van der Waals surface area contributed by atoms with Crippen molar-refractivity contribution < 1.29 is 14.7 Å². The Morgan fingerprint density at radius 2 is 2.22 bits per heavy atom. The molecule has 1 aliphatic heterocycles. The molecule has 6 heteroatoms. The van der Waals surface area contributed by atoms with Crippen LogP contribution in [-0.2, 0) is 11.2 Å². The molecule has 1 N–H and O–H groups in total. The number of amides is 1. The Balaban J connectivity index is 2.39. The minimum absolute atomic E-state index is 0.121. The highest BCUT2D eigenvalue weighted by Crippen LogP contribution is 2.31. The van der Waals surface area contributed by atoms with Crippen LogP contribution in [0.3, 0.4) is 0 Å². The molecule has 1 aromatic carbocycles. The first kappa shape index (κ1) is 12.9. The second kappa shape index (κ2) is 5.00. The number of nitrogens with zero attached hydrogens (tertiary/aromatic N) is 1. The number of hydrogen-bond donors (Lipinski definition) is 1. The second-order valence-electron chi connectivity index (χ2n) is 3.86. The molecule has 0 bridgehead atoms. The number of aromatic carboxylic acids is 1. The minimum atomic E-state index is -1.03. The molecule has 0 saturated heterocycles. The Hall–Kier alpha value is -1.52. The highest BCUT2D eigenvalue weighted by atomic mass is 35.5. The van der Waals surface area contributed by atoms with E-state index in [-0.39, 0.29) is 24.4 Å². The quantitative estimate of drug-likeness (QED) is 0.929. The van der Waals surface area contributed by atoms with E-state index in [0.717, 1.165) is 5.56 Å². The molecule has 0 unspecified atom stereocenters. The van der Waals surface area contributed by atoms with Crippen LogP contribution in [0, 0.1) is 0 Å². The molecular formula is C12H9Cl2NO3. The zero-order chi connectivity index (χ0) is 13.3. The fourth-order valence-corrected chi connectivity index (χ4v) is 2.04. The van der Waals surface area contributed by atoms with Gasteiger partial charge in [-0.15, -0.1) is 0 Å². The predicted molar refractivity (Wildman–Crippen MR) is 69.2 cm³/mol. The van der Waals surface area contributed by atoms with Gasteiger partial charge in [0.25, 0.3) is 0 Å². The van der Waals surface area contributed by atoms with Crippen LogP contribution < -0.4 is 4.90 Å². The lowest BCUT2D eigenvalue weighted by Gasteiger charge is -2.16. The summed E-state index contributed by atoms with van der Waals surface area (Å²) in [5, 5.41) is 9.25. The van der Waals surface area contributed by atoms with Crippen molar-refractivity contribution in [3.63, 3.8) is 0 Å². The number of anilines is 1. The summed E-state index contributed by atoms with van der Waals surface area (Å²) >= 11 is 11.3. The van der Waals surface area contributed by atoms with Crippen LogP contribution in [0.2, 0.25) is 0 Å². The third kappa shape index (κ3) is 2.35. The molecule has 0 aliphatic carbocycles. The SMILES string of the molecule is O=C(O)c1ccc2c(c1)N(C/C(Cl)=C/Cl)C(=O)C2. The maximum atomic E-state index is 11.8. The molecule has 0 saturated carbocycles. The standard InChI is InChI=1S/C12H9Cl2NO3/c13-5-9(14)6-15-10-3-8(12(17)18)2-1-7(10)4-11(15)16/h1-3,5H,4,6H2,(H,17,18)/b9-5-. The Morgan fingerprint density at radius 3 is 2.83 bits per heavy atom.